The van der Waals surface area contributed by atoms with E-state index in [0.717, 1.165) is 17.8 Å². The summed E-state index contributed by atoms with van der Waals surface area (Å²) in [6.07, 6.45) is 1.50. The number of amides is 1. The Morgan fingerprint density at radius 3 is 2.58 bits per heavy atom. The Labute approximate surface area is 151 Å². The Morgan fingerprint density at radius 2 is 1.92 bits per heavy atom. The summed E-state index contributed by atoms with van der Waals surface area (Å²) >= 11 is 13.2. The lowest BCUT2D eigenvalue weighted by Gasteiger charge is -2.01. The number of phenolic OH excluding ortho intramolecular Hbond substituents is 1. The van der Waals surface area contributed by atoms with Crippen molar-refractivity contribution in [3.8, 4) is 5.75 Å². The molecule has 2 aromatic carbocycles. The summed E-state index contributed by atoms with van der Waals surface area (Å²) in [7, 11) is 0. The molecule has 0 radical (unpaired) electrons. The van der Waals surface area contributed by atoms with Gasteiger partial charge in [0.2, 0.25) is 0 Å². The van der Waals surface area contributed by atoms with Crippen LogP contribution in [-0.4, -0.2) is 16.2 Å². The van der Waals surface area contributed by atoms with Gasteiger partial charge in [0.1, 0.15) is 5.69 Å². The van der Waals surface area contributed by atoms with Crippen LogP contribution in [0.1, 0.15) is 5.56 Å². The van der Waals surface area contributed by atoms with Gasteiger partial charge in [-0.3, -0.25) is 4.79 Å². The second-order valence-corrected chi connectivity index (χ2v) is 6.61. The maximum absolute atomic E-state index is 13.4. The van der Waals surface area contributed by atoms with Crippen molar-refractivity contribution < 1.29 is 14.3 Å². The van der Waals surface area contributed by atoms with Crippen LogP contribution in [0.15, 0.2) is 46.3 Å². The highest BCUT2D eigenvalue weighted by atomic mass is 35.5. The maximum Gasteiger partial charge on any atom is 0.264 e. The van der Waals surface area contributed by atoms with Crippen LogP contribution in [0.5, 0.6) is 5.75 Å². The van der Waals surface area contributed by atoms with Crippen molar-refractivity contribution in [1.82, 2.24) is 5.32 Å². The molecule has 122 valence electrons. The van der Waals surface area contributed by atoms with E-state index in [2.05, 4.69) is 10.3 Å². The van der Waals surface area contributed by atoms with Gasteiger partial charge in [0, 0.05) is 0 Å². The van der Waals surface area contributed by atoms with Gasteiger partial charge in [-0.1, -0.05) is 35.3 Å². The summed E-state index contributed by atoms with van der Waals surface area (Å²) in [5, 5.41) is 12.8. The molecule has 0 unspecified atom stereocenters. The van der Waals surface area contributed by atoms with Crippen LogP contribution in [0.25, 0.3) is 6.08 Å². The fourth-order valence-corrected chi connectivity index (χ4v) is 3.25. The highest BCUT2D eigenvalue weighted by Gasteiger charge is 2.24. The lowest BCUT2D eigenvalue weighted by Crippen LogP contribution is -2.19. The first-order chi connectivity index (χ1) is 11.4. The van der Waals surface area contributed by atoms with Gasteiger partial charge in [0.15, 0.2) is 16.7 Å². The molecule has 2 N–H and O–H groups in total. The Kier molecular flexibility index (Phi) is 4.80. The Balaban J connectivity index is 1.89. The lowest BCUT2D eigenvalue weighted by molar-refractivity contribution is -0.115. The zero-order valence-corrected chi connectivity index (χ0v) is 14.2. The predicted molar refractivity (Wildman–Crippen MR) is 95.3 cm³/mol. The first-order valence-corrected chi connectivity index (χ1v) is 8.23. The fraction of sp³-hybridized carbons (Fsp3) is 0. The largest absolute Gasteiger partial charge is 0.505 e. The van der Waals surface area contributed by atoms with E-state index in [4.69, 9.17) is 23.2 Å². The minimum atomic E-state index is -0.760. The summed E-state index contributed by atoms with van der Waals surface area (Å²) in [5.74, 6) is -1.57. The Hall–Kier alpha value is -2.02. The Bertz CT molecular complexity index is 879. The van der Waals surface area contributed by atoms with Crippen LogP contribution >= 0.6 is 35.0 Å². The molecule has 1 aliphatic rings. The summed E-state index contributed by atoms with van der Waals surface area (Å²) in [6, 6.07) is 8.83. The summed E-state index contributed by atoms with van der Waals surface area (Å²) in [4.78, 5) is 16.6. The molecule has 0 aromatic heterocycles. The molecule has 0 bridgehead atoms. The van der Waals surface area contributed by atoms with E-state index in [-0.39, 0.29) is 5.91 Å². The summed E-state index contributed by atoms with van der Waals surface area (Å²) < 4.78 is 13.4. The minimum absolute atomic E-state index is 0.320. The Morgan fingerprint density at radius 1 is 1.21 bits per heavy atom. The number of rotatable bonds is 2. The summed E-state index contributed by atoms with van der Waals surface area (Å²) in [5.41, 5.74) is 0.806. The molecule has 1 amide bonds. The lowest BCUT2D eigenvalue weighted by atomic mass is 10.2. The number of aromatic hydroxyl groups is 1. The molecule has 0 atom stereocenters. The number of nitrogens with zero attached hydrogens (tertiary/aromatic N) is 1. The van der Waals surface area contributed by atoms with E-state index in [0.29, 0.717) is 31.4 Å². The average molecular weight is 383 g/mol. The molecule has 2 aromatic rings. The highest BCUT2D eigenvalue weighted by Crippen LogP contribution is 2.35. The zero-order chi connectivity index (χ0) is 17.3. The number of nitrogens with one attached hydrogen (secondary N) is 1. The molecule has 0 aliphatic carbocycles. The van der Waals surface area contributed by atoms with Crippen molar-refractivity contribution in [2.75, 3.05) is 0 Å². The van der Waals surface area contributed by atoms with Crippen LogP contribution in [0.4, 0.5) is 10.1 Å². The molecule has 24 heavy (non-hydrogen) atoms. The zero-order valence-electron chi connectivity index (χ0n) is 11.9. The number of halogens is 3. The van der Waals surface area contributed by atoms with E-state index in [1.165, 1.54) is 18.2 Å². The van der Waals surface area contributed by atoms with Gasteiger partial charge in [-0.25, -0.2) is 9.38 Å². The minimum Gasteiger partial charge on any atom is -0.505 e. The van der Waals surface area contributed by atoms with Gasteiger partial charge < -0.3 is 10.4 Å². The quantitative estimate of drug-likeness (QED) is 0.737. The SMILES string of the molecule is O=C1NC(=Nc2c(Cl)cccc2Cl)SC1=Cc1ccc(O)c(F)c1. The number of hydrogen-bond acceptors (Lipinski definition) is 4. The van der Waals surface area contributed by atoms with Crippen LogP contribution < -0.4 is 5.32 Å². The summed E-state index contributed by atoms with van der Waals surface area (Å²) in [6.45, 7) is 0. The molecule has 4 nitrogen and oxygen atoms in total. The van der Waals surface area contributed by atoms with Crippen molar-refractivity contribution in [2.24, 2.45) is 4.99 Å². The van der Waals surface area contributed by atoms with E-state index < -0.39 is 11.6 Å². The molecule has 1 aliphatic heterocycles. The number of benzene rings is 2. The number of phenols is 1. The van der Waals surface area contributed by atoms with Gasteiger partial charge in [-0.2, -0.15) is 0 Å². The third-order valence-electron chi connectivity index (χ3n) is 3.07. The molecular formula is C16H9Cl2FN2O2S. The van der Waals surface area contributed by atoms with Crippen LogP contribution in [0, 0.1) is 5.82 Å². The highest BCUT2D eigenvalue weighted by molar-refractivity contribution is 8.18. The third kappa shape index (κ3) is 3.56. The van der Waals surface area contributed by atoms with Gasteiger partial charge in [-0.05, 0) is 47.7 Å². The molecule has 3 rings (SSSR count). The van der Waals surface area contributed by atoms with E-state index in [1.54, 1.807) is 18.2 Å². The first-order valence-electron chi connectivity index (χ1n) is 6.66. The van der Waals surface area contributed by atoms with Crippen molar-refractivity contribution in [1.29, 1.82) is 0 Å². The molecule has 1 fully saturated rings. The standard InChI is InChI=1S/C16H9Cl2FN2O2S/c17-9-2-1-3-10(18)14(9)20-16-21-15(23)13(24-16)7-8-4-5-12(22)11(19)6-8/h1-7,22H,(H,20,21,23). The molecule has 0 spiro atoms. The van der Waals surface area contributed by atoms with Crippen LogP contribution in [0.2, 0.25) is 10.0 Å². The average Bonchev–Trinajstić information content (AvgIpc) is 2.87. The third-order valence-corrected chi connectivity index (χ3v) is 4.59. The van der Waals surface area contributed by atoms with Crippen LogP contribution in [0.3, 0.4) is 0 Å². The molecule has 0 saturated carbocycles. The number of carbonyl (C=O) groups is 1. The fourth-order valence-electron chi connectivity index (χ4n) is 1.94. The molecular weight excluding hydrogens is 374 g/mol. The molecule has 1 saturated heterocycles. The monoisotopic (exact) mass is 382 g/mol. The number of para-hydroxylation sites is 1. The maximum atomic E-state index is 13.4. The van der Waals surface area contributed by atoms with Gasteiger partial charge >= 0.3 is 0 Å². The number of hydrogen-bond donors (Lipinski definition) is 2. The van der Waals surface area contributed by atoms with E-state index >= 15 is 0 Å². The molecule has 8 heteroatoms. The smallest absolute Gasteiger partial charge is 0.264 e. The number of thioether (sulfide) groups is 1. The van der Waals surface area contributed by atoms with Crippen molar-refractivity contribution in [3.63, 3.8) is 0 Å². The van der Waals surface area contributed by atoms with E-state index in [9.17, 15) is 14.3 Å². The second-order valence-electron chi connectivity index (χ2n) is 4.76. The first kappa shape index (κ1) is 16.8. The van der Waals surface area contributed by atoms with Gasteiger partial charge in [0.25, 0.3) is 5.91 Å². The normalized spacial score (nSPS) is 17.5. The molecule has 1 heterocycles. The topological polar surface area (TPSA) is 61.7 Å². The predicted octanol–water partition coefficient (Wildman–Crippen LogP) is 4.73. The van der Waals surface area contributed by atoms with Gasteiger partial charge in [0.05, 0.1) is 15.0 Å². The second kappa shape index (κ2) is 6.84. The van der Waals surface area contributed by atoms with Crippen molar-refractivity contribution >= 4 is 57.8 Å². The van der Waals surface area contributed by atoms with Gasteiger partial charge in [-0.15, -0.1) is 0 Å². The van der Waals surface area contributed by atoms with E-state index in [1.807, 2.05) is 0 Å². The number of aliphatic imine (C=N–C) groups is 1. The number of amidine groups is 1. The van der Waals surface area contributed by atoms with Crippen molar-refractivity contribution in [2.45, 2.75) is 0 Å². The van der Waals surface area contributed by atoms with Crippen molar-refractivity contribution in [3.05, 3.63) is 62.7 Å². The number of carbonyl (C=O) groups excluding carboxylic acids is 1. The van der Waals surface area contributed by atoms with Crippen LogP contribution in [-0.2, 0) is 4.79 Å².